The molecule has 0 amide bonds. The van der Waals surface area contributed by atoms with Crippen LogP contribution >= 0.6 is 0 Å². The minimum absolute atomic E-state index is 0.895. The van der Waals surface area contributed by atoms with Gasteiger partial charge in [-0.1, -0.05) is 67.3 Å². The number of benzene rings is 4. The van der Waals surface area contributed by atoms with Gasteiger partial charge in [0.2, 0.25) is 0 Å². The summed E-state index contributed by atoms with van der Waals surface area (Å²) >= 11 is 0. The summed E-state index contributed by atoms with van der Waals surface area (Å²) in [5.74, 6) is 0. The van der Waals surface area contributed by atoms with E-state index in [1.807, 2.05) is 6.08 Å². The number of aryl methyl sites for hydroxylation is 1. The fraction of sp³-hybridized carbons (Fsp3) is 0.0323. The van der Waals surface area contributed by atoms with E-state index in [9.17, 15) is 0 Å². The van der Waals surface area contributed by atoms with Crippen molar-refractivity contribution in [3.05, 3.63) is 109 Å². The molecule has 0 aliphatic carbocycles. The Labute approximate surface area is 196 Å². The lowest BCUT2D eigenvalue weighted by atomic mass is 10.1. The van der Waals surface area contributed by atoms with Gasteiger partial charge in [-0.3, -0.25) is 0 Å². The van der Waals surface area contributed by atoms with Crippen LogP contribution in [-0.2, 0) is 0 Å². The molecular weight excluding hydrogens is 416 g/mol. The number of hydrogen-bond donors (Lipinski definition) is 1. The lowest BCUT2D eigenvalue weighted by Crippen LogP contribution is -1.93. The molecule has 0 atom stereocenters. The Morgan fingerprint density at radius 1 is 0.765 bits per heavy atom. The molecule has 0 fully saturated rings. The highest BCUT2D eigenvalue weighted by atomic mass is 16.3. The summed E-state index contributed by atoms with van der Waals surface area (Å²) in [5, 5.41) is 5.84. The van der Waals surface area contributed by atoms with Crippen molar-refractivity contribution < 1.29 is 4.42 Å². The Balaban J connectivity index is 1.66. The summed E-state index contributed by atoms with van der Waals surface area (Å²) in [5.41, 5.74) is 8.52. The van der Waals surface area contributed by atoms with Crippen LogP contribution in [0.3, 0.4) is 0 Å². The first-order chi connectivity index (χ1) is 16.8. The quantitative estimate of drug-likeness (QED) is 0.275. The van der Waals surface area contributed by atoms with E-state index in [-0.39, 0.29) is 0 Å². The Morgan fingerprint density at radius 3 is 2.29 bits per heavy atom. The average molecular weight is 439 g/mol. The summed E-state index contributed by atoms with van der Waals surface area (Å²) in [6, 6.07) is 27.9. The van der Waals surface area contributed by atoms with Crippen LogP contribution in [0.2, 0.25) is 0 Å². The second kappa shape index (κ2) is 7.00. The molecule has 34 heavy (non-hydrogen) atoms. The van der Waals surface area contributed by atoms with Crippen molar-refractivity contribution in [1.29, 1.82) is 0 Å². The van der Waals surface area contributed by atoms with Crippen LogP contribution in [0.25, 0.3) is 66.4 Å². The molecule has 3 aromatic heterocycles. The molecular formula is C31H22N2O. The zero-order valence-electron chi connectivity index (χ0n) is 18.8. The Morgan fingerprint density at radius 2 is 1.47 bits per heavy atom. The van der Waals surface area contributed by atoms with Gasteiger partial charge in [0.05, 0.1) is 16.6 Å². The van der Waals surface area contributed by atoms with E-state index in [1.54, 1.807) is 6.08 Å². The van der Waals surface area contributed by atoms with Crippen molar-refractivity contribution >= 4 is 60.7 Å². The Hall–Kier alpha value is -4.50. The fourth-order valence-corrected chi connectivity index (χ4v) is 5.33. The highest BCUT2D eigenvalue weighted by Crippen LogP contribution is 2.42. The number of allylic oxidation sites excluding steroid dienone is 2. The van der Waals surface area contributed by atoms with E-state index < -0.39 is 0 Å². The van der Waals surface area contributed by atoms with E-state index in [0.29, 0.717) is 0 Å². The molecule has 162 valence electrons. The summed E-state index contributed by atoms with van der Waals surface area (Å²) in [6.07, 6.45) is 5.80. The van der Waals surface area contributed by atoms with Crippen molar-refractivity contribution in [1.82, 2.24) is 9.55 Å². The lowest BCUT2D eigenvalue weighted by molar-refractivity contribution is 0.674. The molecule has 4 aromatic carbocycles. The maximum atomic E-state index is 6.75. The van der Waals surface area contributed by atoms with Gasteiger partial charge in [-0.05, 0) is 48.9 Å². The highest BCUT2D eigenvalue weighted by Gasteiger charge is 2.20. The molecule has 7 aromatic rings. The second-order valence-corrected chi connectivity index (χ2v) is 8.75. The molecule has 3 nitrogen and oxygen atoms in total. The predicted molar refractivity (Wildman–Crippen MR) is 144 cm³/mol. The Kier molecular flexibility index (Phi) is 3.91. The molecule has 0 spiro atoms. The number of aromatic amines is 1. The van der Waals surface area contributed by atoms with Crippen LogP contribution in [0.15, 0.2) is 102 Å². The van der Waals surface area contributed by atoms with Crippen LogP contribution in [0.1, 0.15) is 11.3 Å². The number of rotatable bonds is 3. The summed E-state index contributed by atoms with van der Waals surface area (Å²) in [7, 11) is 0. The SMILES string of the molecule is C=C/C=C\c1[nH]c2c(ccc3c4ccc5c6ccccc6n(-c6ccccc6)c5c4oc32)c1C. The number of nitrogens with one attached hydrogen (secondary N) is 1. The van der Waals surface area contributed by atoms with E-state index in [0.717, 1.165) is 44.4 Å². The number of para-hydroxylation sites is 2. The Bertz CT molecular complexity index is 1930. The minimum Gasteiger partial charge on any atom is -0.452 e. The first-order valence-corrected chi connectivity index (χ1v) is 11.5. The molecule has 0 unspecified atom stereocenters. The van der Waals surface area contributed by atoms with Crippen LogP contribution in [-0.4, -0.2) is 9.55 Å². The van der Waals surface area contributed by atoms with Crippen molar-refractivity contribution in [2.75, 3.05) is 0 Å². The zero-order chi connectivity index (χ0) is 22.8. The van der Waals surface area contributed by atoms with Crippen LogP contribution in [0.4, 0.5) is 0 Å². The normalized spacial score (nSPS) is 12.3. The fourth-order valence-electron chi connectivity index (χ4n) is 5.33. The molecule has 0 saturated heterocycles. The third-order valence-electron chi connectivity index (χ3n) is 6.92. The first kappa shape index (κ1) is 19.0. The molecule has 0 bridgehead atoms. The largest absolute Gasteiger partial charge is 0.452 e. The topological polar surface area (TPSA) is 33.9 Å². The molecule has 3 heterocycles. The molecule has 7 rings (SSSR count). The lowest BCUT2D eigenvalue weighted by Gasteiger charge is -2.07. The first-order valence-electron chi connectivity index (χ1n) is 11.5. The number of H-pyrrole nitrogens is 1. The van der Waals surface area contributed by atoms with E-state index in [1.165, 1.54) is 27.2 Å². The third-order valence-corrected chi connectivity index (χ3v) is 6.92. The standard InChI is InChI=1S/C31H22N2O/c1-3-4-13-26-19(2)21-15-17-24-25-18-16-23-22-12-8-9-14-27(22)33(20-10-6-5-7-11-20)29(23)31(25)34-30(24)28(21)32-26/h3-18,32H,1H2,2H3/b13-4-. The van der Waals surface area contributed by atoms with Gasteiger partial charge in [-0.2, -0.15) is 0 Å². The minimum atomic E-state index is 0.895. The van der Waals surface area contributed by atoms with Gasteiger partial charge in [0.1, 0.15) is 0 Å². The van der Waals surface area contributed by atoms with Crippen LogP contribution < -0.4 is 0 Å². The van der Waals surface area contributed by atoms with Gasteiger partial charge in [-0.25, -0.2) is 0 Å². The van der Waals surface area contributed by atoms with Crippen molar-refractivity contribution in [2.24, 2.45) is 0 Å². The molecule has 0 radical (unpaired) electrons. The average Bonchev–Trinajstić information content (AvgIpc) is 3.52. The molecule has 0 aliphatic heterocycles. The second-order valence-electron chi connectivity index (χ2n) is 8.75. The zero-order valence-corrected chi connectivity index (χ0v) is 18.8. The summed E-state index contributed by atoms with van der Waals surface area (Å²) < 4.78 is 9.07. The molecule has 1 N–H and O–H groups in total. The molecule has 0 aliphatic rings. The smallest absolute Gasteiger partial charge is 0.160 e. The maximum absolute atomic E-state index is 6.75. The summed E-state index contributed by atoms with van der Waals surface area (Å²) in [6.45, 7) is 5.94. The molecule has 0 saturated carbocycles. The number of fused-ring (bicyclic) bond motifs is 9. The third kappa shape index (κ3) is 2.47. The maximum Gasteiger partial charge on any atom is 0.160 e. The van der Waals surface area contributed by atoms with E-state index >= 15 is 0 Å². The predicted octanol–water partition coefficient (Wildman–Crippen LogP) is 8.67. The van der Waals surface area contributed by atoms with Crippen molar-refractivity contribution in [3.8, 4) is 5.69 Å². The van der Waals surface area contributed by atoms with Gasteiger partial charge in [0.25, 0.3) is 0 Å². The highest BCUT2D eigenvalue weighted by molar-refractivity contribution is 6.24. The van der Waals surface area contributed by atoms with Gasteiger partial charge in [0.15, 0.2) is 11.2 Å². The van der Waals surface area contributed by atoms with E-state index in [4.69, 9.17) is 4.42 Å². The van der Waals surface area contributed by atoms with Crippen LogP contribution in [0, 0.1) is 6.92 Å². The van der Waals surface area contributed by atoms with Crippen molar-refractivity contribution in [3.63, 3.8) is 0 Å². The van der Waals surface area contributed by atoms with Gasteiger partial charge in [0, 0.05) is 38.3 Å². The monoisotopic (exact) mass is 438 g/mol. The number of nitrogens with zero attached hydrogens (tertiary/aromatic N) is 1. The van der Waals surface area contributed by atoms with Gasteiger partial charge < -0.3 is 14.0 Å². The number of aromatic nitrogens is 2. The van der Waals surface area contributed by atoms with Crippen molar-refractivity contribution in [2.45, 2.75) is 6.92 Å². The number of furan rings is 1. The van der Waals surface area contributed by atoms with Gasteiger partial charge in [-0.15, -0.1) is 0 Å². The number of hydrogen-bond acceptors (Lipinski definition) is 1. The van der Waals surface area contributed by atoms with Crippen LogP contribution in [0.5, 0.6) is 0 Å². The molecule has 3 heteroatoms. The van der Waals surface area contributed by atoms with Gasteiger partial charge >= 0.3 is 0 Å². The summed E-state index contributed by atoms with van der Waals surface area (Å²) in [4.78, 5) is 3.59. The van der Waals surface area contributed by atoms with E-state index in [2.05, 4.69) is 108 Å².